The zero-order chi connectivity index (χ0) is 19.2. The first-order valence-electron chi connectivity index (χ1n) is 9.04. The molecule has 9 heteroatoms. The summed E-state index contributed by atoms with van der Waals surface area (Å²) in [4.78, 5) is 33.1. The van der Waals surface area contributed by atoms with Crippen molar-refractivity contribution >= 4 is 23.2 Å². The van der Waals surface area contributed by atoms with Crippen molar-refractivity contribution in [1.29, 1.82) is 0 Å². The molecular formula is C18H25N5O3S. The van der Waals surface area contributed by atoms with E-state index >= 15 is 0 Å². The zero-order valence-electron chi connectivity index (χ0n) is 15.6. The Labute approximate surface area is 162 Å². The number of nitrogens with zero attached hydrogens (tertiary/aromatic N) is 3. The van der Waals surface area contributed by atoms with Crippen molar-refractivity contribution in [3.8, 4) is 0 Å². The number of aryl methyl sites for hydroxylation is 1. The molecule has 2 aromatic heterocycles. The lowest BCUT2D eigenvalue weighted by Crippen LogP contribution is -2.50. The predicted octanol–water partition coefficient (Wildman–Crippen LogP) is 1.15. The van der Waals surface area contributed by atoms with Crippen molar-refractivity contribution < 1.29 is 14.3 Å². The molecule has 8 nitrogen and oxygen atoms in total. The summed E-state index contributed by atoms with van der Waals surface area (Å²) in [6.45, 7) is 0.579. The quantitative estimate of drug-likeness (QED) is 0.738. The van der Waals surface area contributed by atoms with Crippen LogP contribution < -0.4 is 10.6 Å². The van der Waals surface area contributed by atoms with Gasteiger partial charge in [-0.25, -0.2) is 9.97 Å². The maximum atomic E-state index is 12.5. The Balaban J connectivity index is 1.49. The van der Waals surface area contributed by atoms with E-state index in [0.717, 1.165) is 12.1 Å². The molecule has 0 spiro atoms. The third-order valence-corrected chi connectivity index (χ3v) is 5.61. The van der Waals surface area contributed by atoms with E-state index in [2.05, 4.69) is 20.6 Å². The molecule has 0 radical (unpaired) electrons. The van der Waals surface area contributed by atoms with Crippen LogP contribution in [0, 0.1) is 5.92 Å². The summed E-state index contributed by atoms with van der Waals surface area (Å²) in [5.41, 5.74) is 2.79. The SMILES string of the molecule is CO[C@H]1C[C@@H](C(=O)NCCc2cscn2)CC[C@@H]1NC(=O)c1nccn1C. The van der Waals surface area contributed by atoms with Crippen LogP contribution in [0.4, 0.5) is 0 Å². The van der Waals surface area contributed by atoms with Gasteiger partial charge >= 0.3 is 0 Å². The lowest BCUT2D eigenvalue weighted by atomic mass is 9.83. The Bertz CT molecular complexity index is 761. The van der Waals surface area contributed by atoms with Gasteiger partial charge in [0.25, 0.3) is 5.91 Å². The van der Waals surface area contributed by atoms with Crippen LogP contribution in [0.15, 0.2) is 23.3 Å². The molecule has 0 bridgehead atoms. The Morgan fingerprint density at radius 1 is 1.37 bits per heavy atom. The van der Waals surface area contributed by atoms with Crippen LogP contribution in [0.25, 0.3) is 0 Å². The number of aromatic nitrogens is 3. The number of nitrogens with one attached hydrogen (secondary N) is 2. The van der Waals surface area contributed by atoms with Crippen LogP contribution in [0.2, 0.25) is 0 Å². The van der Waals surface area contributed by atoms with Gasteiger partial charge in [-0.05, 0) is 19.3 Å². The van der Waals surface area contributed by atoms with E-state index < -0.39 is 0 Å². The topological polar surface area (TPSA) is 98.1 Å². The van der Waals surface area contributed by atoms with Gasteiger partial charge in [-0.3, -0.25) is 9.59 Å². The van der Waals surface area contributed by atoms with Gasteiger partial charge in [0.1, 0.15) is 0 Å². The van der Waals surface area contributed by atoms with Crippen LogP contribution in [0.5, 0.6) is 0 Å². The second kappa shape index (κ2) is 9.09. The molecule has 0 aliphatic heterocycles. The van der Waals surface area contributed by atoms with Crippen molar-refractivity contribution in [1.82, 2.24) is 25.2 Å². The summed E-state index contributed by atoms with van der Waals surface area (Å²) >= 11 is 1.55. The standard InChI is InChI=1S/C18H25N5O3S/c1-23-8-7-19-16(23)18(25)22-14-4-3-12(9-15(14)26-2)17(24)20-6-5-13-10-27-11-21-13/h7-8,10-12,14-15H,3-6,9H2,1-2H3,(H,20,24)(H,22,25)/t12-,14-,15-/m0/s1. The first-order valence-corrected chi connectivity index (χ1v) is 9.98. The number of methoxy groups -OCH3 is 1. The van der Waals surface area contributed by atoms with Crippen molar-refractivity contribution in [3.05, 3.63) is 34.8 Å². The number of imidazole rings is 1. The number of ether oxygens (including phenoxy) is 1. The average Bonchev–Trinajstić information content (AvgIpc) is 3.33. The van der Waals surface area contributed by atoms with Crippen LogP contribution in [-0.2, 0) is 23.0 Å². The highest BCUT2D eigenvalue weighted by Crippen LogP contribution is 2.27. The predicted molar refractivity (Wildman–Crippen MR) is 101 cm³/mol. The van der Waals surface area contributed by atoms with Gasteiger partial charge in [-0.15, -0.1) is 11.3 Å². The molecule has 2 amide bonds. The van der Waals surface area contributed by atoms with E-state index in [4.69, 9.17) is 4.74 Å². The summed E-state index contributed by atoms with van der Waals surface area (Å²) in [5, 5.41) is 7.98. The summed E-state index contributed by atoms with van der Waals surface area (Å²) < 4.78 is 7.24. The summed E-state index contributed by atoms with van der Waals surface area (Å²) in [6.07, 6.45) is 5.86. The molecule has 1 saturated carbocycles. The third-order valence-electron chi connectivity index (χ3n) is 4.97. The van der Waals surface area contributed by atoms with Crippen LogP contribution >= 0.6 is 11.3 Å². The van der Waals surface area contributed by atoms with Gasteiger partial charge in [0.05, 0.1) is 23.4 Å². The van der Waals surface area contributed by atoms with Gasteiger partial charge < -0.3 is 19.9 Å². The molecule has 0 unspecified atom stereocenters. The number of rotatable bonds is 7. The van der Waals surface area contributed by atoms with Gasteiger partial charge in [0.15, 0.2) is 5.82 Å². The zero-order valence-corrected chi connectivity index (χ0v) is 16.4. The van der Waals surface area contributed by atoms with Gasteiger partial charge in [-0.1, -0.05) is 0 Å². The first kappa shape index (κ1) is 19.5. The number of thiazole rings is 1. The minimum Gasteiger partial charge on any atom is -0.379 e. The van der Waals surface area contributed by atoms with E-state index in [1.54, 1.807) is 48.0 Å². The number of hydrogen-bond donors (Lipinski definition) is 2. The Kier molecular flexibility index (Phi) is 6.57. The molecule has 27 heavy (non-hydrogen) atoms. The maximum absolute atomic E-state index is 12.5. The van der Waals surface area contributed by atoms with Crippen LogP contribution in [0.3, 0.4) is 0 Å². The van der Waals surface area contributed by atoms with E-state index in [1.807, 2.05) is 5.38 Å². The van der Waals surface area contributed by atoms with E-state index in [0.29, 0.717) is 31.6 Å². The second-order valence-corrected chi connectivity index (χ2v) is 7.47. The lowest BCUT2D eigenvalue weighted by Gasteiger charge is -2.35. The molecule has 0 saturated heterocycles. The normalized spacial score (nSPS) is 22.4. The lowest BCUT2D eigenvalue weighted by molar-refractivity contribution is -0.127. The van der Waals surface area contributed by atoms with Crippen molar-refractivity contribution in [2.24, 2.45) is 13.0 Å². The number of hydrogen-bond acceptors (Lipinski definition) is 6. The van der Waals surface area contributed by atoms with E-state index in [-0.39, 0.29) is 29.9 Å². The Morgan fingerprint density at radius 2 is 2.22 bits per heavy atom. The van der Waals surface area contributed by atoms with E-state index in [1.165, 1.54) is 0 Å². The Morgan fingerprint density at radius 3 is 2.89 bits per heavy atom. The van der Waals surface area contributed by atoms with Gasteiger partial charge in [0.2, 0.25) is 5.91 Å². The maximum Gasteiger partial charge on any atom is 0.287 e. The van der Waals surface area contributed by atoms with Crippen molar-refractivity contribution in [2.45, 2.75) is 37.8 Å². The monoisotopic (exact) mass is 391 g/mol. The van der Waals surface area contributed by atoms with E-state index in [9.17, 15) is 9.59 Å². The molecule has 1 fully saturated rings. The molecule has 2 heterocycles. The highest BCUT2D eigenvalue weighted by atomic mass is 32.1. The number of carbonyl (C=O) groups is 2. The minimum absolute atomic E-state index is 0.0427. The summed E-state index contributed by atoms with van der Waals surface area (Å²) in [5.74, 6) is 0.0836. The van der Waals surface area contributed by atoms with Crippen LogP contribution in [-0.4, -0.2) is 52.1 Å². The number of amides is 2. The Hall–Kier alpha value is -2.26. The second-order valence-electron chi connectivity index (χ2n) is 6.75. The molecular weight excluding hydrogens is 366 g/mol. The van der Waals surface area contributed by atoms with Crippen molar-refractivity contribution in [3.63, 3.8) is 0 Å². The number of carbonyl (C=O) groups excluding carboxylic acids is 2. The molecule has 3 atom stereocenters. The average molecular weight is 391 g/mol. The fourth-order valence-corrected chi connectivity index (χ4v) is 4.02. The fraction of sp³-hybridized carbons (Fsp3) is 0.556. The van der Waals surface area contributed by atoms with Gasteiger partial charge in [-0.2, -0.15) is 0 Å². The highest BCUT2D eigenvalue weighted by molar-refractivity contribution is 7.07. The minimum atomic E-state index is -0.222. The van der Waals surface area contributed by atoms with Gasteiger partial charge in [0, 0.05) is 50.8 Å². The summed E-state index contributed by atoms with van der Waals surface area (Å²) in [7, 11) is 3.40. The molecule has 2 N–H and O–H groups in total. The van der Waals surface area contributed by atoms with Crippen LogP contribution in [0.1, 0.15) is 35.6 Å². The molecule has 146 valence electrons. The molecule has 0 aromatic carbocycles. The smallest absolute Gasteiger partial charge is 0.287 e. The first-order chi connectivity index (χ1) is 13.1. The fourth-order valence-electron chi connectivity index (χ4n) is 3.43. The van der Waals surface area contributed by atoms with Crippen molar-refractivity contribution in [2.75, 3.05) is 13.7 Å². The highest BCUT2D eigenvalue weighted by Gasteiger charge is 2.35. The molecule has 1 aliphatic rings. The molecule has 3 rings (SSSR count). The largest absolute Gasteiger partial charge is 0.379 e. The molecule has 2 aromatic rings. The molecule has 1 aliphatic carbocycles. The third kappa shape index (κ3) is 4.92. The summed E-state index contributed by atoms with van der Waals surface area (Å²) in [6, 6.07) is -0.127.